The number of aliphatic hydroxyl groups is 1. The van der Waals surface area contributed by atoms with Crippen LogP contribution in [0.5, 0.6) is 11.5 Å². The van der Waals surface area contributed by atoms with E-state index in [0.29, 0.717) is 46.0 Å². The van der Waals surface area contributed by atoms with E-state index in [0.717, 1.165) is 17.7 Å². The minimum Gasteiger partial charge on any atom is -0.507 e. The summed E-state index contributed by atoms with van der Waals surface area (Å²) in [5.74, 6) is 0.119. The first-order valence-electron chi connectivity index (χ1n) is 12.4. The van der Waals surface area contributed by atoms with E-state index >= 15 is 0 Å². The van der Waals surface area contributed by atoms with Crippen LogP contribution < -0.4 is 14.4 Å². The maximum atomic E-state index is 13.4. The largest absolute Gasteiger partial charge is 0.507 e. The number of nitrogens with zero attached hydrogens (tertiary/aromatic N) is 3. The molecule has 1 saturated heterocycles. The molecular formula is C28H29N3O5S. The van der Waals surface area contributed by atoms with Gasteiger partial charge in [0.15, 0.2) is 0 Å². The van der Waals surface area contributed by atoms with Crippen molar-refractivity contribution in [3.8, 4) is 11.5 Å². The van der Waals surface area contributed by atoms with E-state index in [4.69, 9.17) is 9.47 Å². The monoisotopic (exact) mass is 519 g/mol. The van der Waals surface area contributed by atoms with Crippen molar-refractivity contribution in [1.82, 2.24) is 10.2 Å². The molecule has 1 fully saturated rings. The highest BCUT2D eigenvalue weighted by Crippen LogP contribution is 2.44. The SMILES string of the molecule is Cc1nnc(N2C(=O)C(=O)/C(=C(/O)c3ccc4c(c3)CC(C)O4)C2c2cccc(OCCC(C)C)c2)s1. The maximum Gasteiger partial charge on any atom is 0.301 e. The summed E-state index contributed by atoms with van der Waals surface area (Å²) in [7, 11) is 0. The van der Waals surface area contributed by atoms with Gasteiger partial charge in [0.2, 0.25) is 5.13 Å². The van der Waals surface area contributed by atoms with Crippen molar-refractivity contribution in [2.24, 2.45) is 5.92 Å². The number of aryl methyl sites for hydroxylation is 1. The fraction of sp³-hybridized carbons (Fsp3) is 0.357. The number of aliphatic hydroxyl groups excluding tert-OH is 1. The van der Waals surface area contributed by atoms with E-state index in [9.17, 15) is 14.7 Å². The van der Waals surface area contributed by atoms with E-state index in [-0.39, 0.29) is 17.4 Å². The van der Waals surface area contributed by atoms with E-state index in [1.807, 2.05) is 37.3 Å². The van der Waals surface area contributed by atoms with Crippen molar-refractivity contribution in [3.05, 3.63) is 69.7 Å². The number of anilines is 1. The molecule has 0 saturated carbocycles. The van der Waals surface area contributed by atoms with Gasteiger partial charge in [0.25, 0.3) is 5.78 Å². The molecule has 2 aliphatic heterocycles. The first-order chi connectivity index (χ1) is 17.7. The summed E-state index contributed by atoms with van der Waals surface area (Å²) in [6.45, 7) is 8.56. The second-order valence-electron chi connectivity index (χ2n) is 9.83. The first-order valence-corrected chi connectivity index (χ1v) is 13.2. The van der Waals surface area contributed by atoms with Crippen molar-refractivity contribution < 1.29 is 24.2 Å². The summed E-state index contributed by atoms with van der Waals surface area (Å²) in [4.78, 5) is 28.1. The Hall–Kier alpha value is -3.72. The molecule has 1 aromatic heterocycles. The Morgan fingerprint density at radius 3 is 2.76 bits per heavy atom. The van der Waals surface area contributed by atoms with Crippen LogP contribution in [0.15, 0.2) is 48.0 Å². The lowest BCUT2D eigenvalue weighted by atomic mass is 9.94. The lowest BCUT2D eigenvalue weighted by Crippen LogP contribution is -2.29. The molecule has 0 aliphatic carbocycles. The van der Waals surface area contributed by atoms with Gasteiger partial charge in [0.1, 0.15) is 28.4 Å². The van der Waals surface area contributed by atoms with Gasteiger partial charge in [-0.3, -0.25) is 14.5 Å². The molecule has 9 heteroatoms. The van der Waals surface area contributed by atoms with Gasteiger partial charge in [-0.1, -0.05) is 37.3 Å². The Morgan fingerprint density at radius 2 is 2.03 bits per heavy atom. The molecule has 1 amide bonds. The van der Waals surface area contributed by atoms with Gasteiger partial charge < -0.3 is 14.6 Å². The maximum absolute atomic E-state index is 13.4. The van der Waals surface area contributed by atoms with Crippen LogP contribution in [0.1, 0.15) is 54.9 Å². The molecule has 8 nitrogen and oxygen atoms in total. The van der Waals surface area contributed by atoms with Crippen LogP contribution in [0.2, 0.25) is 0 Å². The van der Waals surface area contributed by atoms with Crippen LogP contribution >= 0.6 is 11.3 Å². The topological polar surface area (TPSA) is 102 Å². The standard InChI is InChI=1S/C28H29N3O5S/c1-15(2)10-11-35-21-7-5-6-18(14-21)24-23(26(33)27(34)31(24)28-30-29-17(4)37-28)25(32)19-8-9-22-20(13-19)12-16(3)36-22/h5-9,13-16,24,32H,10-12H2,1-4H3/b25-23+. The Labute approximate surface area is 219 Å². The molecule has 5 rings (SSSR count). The summed E-state index contributed by atoms with van der Waals surface area (Å²) < 4.78 is 11.7. The number of fused-ring (bicyclic) bond motifs is 1. The zero-order valence-corrected chi connectivity index (χ0v) is 22.0. The van der Waals surface area contributed by atoms with E-state index < -0.39 is 17.7 Å². The summed E-state index contributed by atoms with van der Waals surface area (Å²) >= 11 is 1.22. The van der Waals surface area contributed by atoms with Crippen molar-refractivity contribution in [2.75, 3.05) is 11.5 Å². The molecule has 192 valence electrons. The number of ketones is 1. The van der Waals surface area contributed by atoms with Crippen LogP contribution in [0, 0.1) is 12.8 Å². The molecule has 1 N–H and O–H groups in total. The third kappa shape index (κ3) is 4.83. The molecule has 2 unspecified atom stereocenters. The highest BCUT2D eigenvalue weighted by molar-refractivity contribution is 7.15. The highest BCUT2D eigenvalue weighted by Gasteiger charge is 2.48. The highest BCUT2D eigenvalue weighted by atomic mass is 32.1. The Balaban J connectivity index is 1.61. The van der Waals surface area contributed by atoms with Crippen molar-refractivity contribution >= 4 is 33.9 Å². The lowest BCUT2D eigenvalue weighted by Gasteiger charge is -2.23. The molecular weight excluding hydrogens is 490 g/mol. The summed E-state index contributed by atoms with van der Waals surface area (Å²) in [6.07, 6.45) is 1.64. The number of rotatable bonds is 7. The van der Waals surface area contributed by atoms with Crippen LogP contribution in [0.25, 0.3) is 5.76 Å². The van der Waals surface area contributed by atoms with Gasteiger partial charge in [-0.25, -0.2) is 0 Å². The molecule has 2 aromatic carbocycles. The van der Waals surface area contributed by atoms with E-state index in [2.05, 4.69) is 24.0 Å². The van der Waals surface area contributed by atoms with Crippen LogP contribution in [0.3, 0.4) is 0 Å². The van der Waals surface area contributed by atoms with Gasteiger partial charge in [-0.2, -0.15) is 0 Å². The molecule has 0 radical (unpaired) electrons. The number of carbonyl (C=O) groups excluding carboxylic acids is 2. The first kappa shape index (κ1) is 25.0. The Kier molecular flexibility index (Phi) is 6.72. The lowest BCUT2D eigenvalue weighted by molar-refractivity contribution is -0.132. The van der Waals surface area contributed by atoms with Gasteiger partial charge in [-0.05, 0) is 67.6 Å². The zero-order chi connectivity index (χ0) is 26.3. The number of Topliss-reactive ketones (excluding diaryl/α,β-unsaturated/α-hetero) is 1. The van der Waals surface area contributed by atoms with Crippen molar-refractivity contribution in [3.63, 3.8) is 0 Å². The summed E-state index contributed by atoms with van der Waals surface area (Å²) in [6, 6.07) is 11.7. The Morgan fingerprint density at radius 1 is 1.22 bits per heavy atom. The Bertz CT molecular complexity index is 1400. The fourth-order valence-corrected chi connectivity index (χ4v) is 5.35. The quantitative estimate of drug-likeness (QED) is 0.259. The minimum absolute atomic E-state index is 0.00379. The van der Waals surface area contributed by atoms with Crippen LogP contribution in [-0.4, -0.2) is 39.7 Å². The molecule has 3 heterocycles. The van der Waals surface area contributed by atoms with Gasteiger partial charge in [0.05, 0.1) is 18.2 Å². The third-order valence-corrected chi connectivity index (χ3v) is 7.31. The predicted molar refractivity (Wildman–Crippen MR) is 141 cm³/mol. The minimum atomic E-state index is -0.885. The zero-order valence-electron chi connectivity index (χ0n) is 21.2. The van der Waals surface area contributed by atoms with Gasteiger partial charge in [0, 0.05) is 12.0 Å². The second kappa shape index (κ2) is 9.97. The average molecular weight is 520 g/mol. The normalized spacial score (nSPS) is 20.4. The average Bonchev–Trinajstić information content (AvgIpc) is 3.53. The molecule has 2 aliphatic rings. The molecule has 3 aromatic rings. The van der Waals surface area contributed by atoms with Crippen LogP contribution in [0.4, 0.5) is 5.13 Å². The number of carbonyl (C=O) groups is 2. The molecule has 0 bridgehead atoms. The molecule has 0 spiro atoms. The number of ether oxygens (including phenoxy) is 2. The molecule has 2 atom stereocenters. The third-order valence-electron chi connectivity index (χ3n) is 6.47. The number of hydrogen-bond acceptors (Lipinski definition) is 8. The fourth-order valence-electron chi connectivity index (χ4n) is 4.64. The van der Waals surface area contributed by atoms with E-state index in [1.54, 1.807) is 19.1 Å². The summed E-state index contributed by atoms with van der Waals surface area (Å²) in [5, 5.41) is 20.6. The van der Waals surface area contributed by atoms with Crippen molar-refractivity contribution in [2.45, 2.75) is 52.7 Å². The van der Waals surface area contributed by atoms with Crippen molar-refractivity contribution in [1.29, 1.82) is 0 Å². The van der Waals surface area contributed by atoms with Crippen LogP contribution in [-0.2, 0) is 16.0 Å². The number of aromatic nitrogens is 2. The van der Waals surface area contributed by atoms with Gasteiger partial charge >= 0.3 is 5.91 Å². The number of benzene rings is 2. The second-order valence-corrected chi connectivity index (χ2v) is 11.0. The predicted octanol–water partition coefficient (Wildman–Crippen LogP) is 5.22. The molecule has 37 heavy (non-hydrogen) atoms. The summed E-state index contributed by atoms with van der Waals surface area (Å²) in [5.41, 5.74) is 2.04. The number of hydrogen-bond donors (Lipinski definition) is 1. The van der Waals surface area contributed by atoms with Gasteiger partial charge in [-0.15, -0.1) is 10.2 Å². The van der Waals surface area contributed by atoms with E-state index in [1.165, 1.54) is 16.2 Å². The smallest absolute Gasteiger partial charge is 0.301 e. The number of amides is 1.